The highest BCUT2D eigenvalue weighted by Gasteiger charge is 2.13. The Hall–Kier alpha value is -3.82. The van der Waals surface area contributed by atoms with Crippen molar-refractivity contribution in [3.05, 3.63) is 78.2 Å². The largest absolute Gasteiger partial charge is 0.352 e. The number of likely N-dealkylation sites (N-methyl/N-ethyl adjacent to an activating group) is 1. The van der Waals surface area contributed by atoms with Crippen LogP contribution in [0, 0.1) is 0 Å². The Labute approximate surface area is 205 Å². The van der Waals surface area contributed by atoms with E-state index in [1.54, 1.807) is 61.1 Å². The fourth-order valence-corrected chi connectivity index (χ4v) is 3.84. The van der Waals surface area contributed by atoms with Crippen LogP contribution in [0.15, 0.2) is 67.1 Å². The third-order valence-electron chi connectivity index (χ3n) is 5.89. The Morgan fingerprint density at radius 2 is 1.66 bits per heavy atom. The first-order chi connectivity index (χ1) is 17.1. The zero-order valence-corrected chi connectivity index (χ0v) is 19.9. The molecule has 9 nitrogen and oxygen atoms in total. The first-order valence-electron chi connectivity index (χ1n) is 11.8. The number of hydrogen-bond acceptors (Lipinski definition) is 7. The fourth-order valence-electron chi connectivity index (χ4n) is 3.84. The molecule has 1 saturated heterocycles. The number of piperazine rings is 1. The number of nitrogens with one attached hydrogen (secondary N) is 3. The molecule has 0 aliphatic carbocycles. The van der Waals surface area contributed by atoms with Crippen molar-refractivity contribution >= 4 is 29.0 Å². The van der Waals surface area contributed by atoms with Crippen LogP contribution in [-0.4, -0.2) is 77.9 Å². The van der Waals surface area contributed by atoms with E-state index >= 15 is 0 Å². The minimum Gasteiger partial charge on any atom is -0.352 e. The maximum absolute atomic E-state index is 12.6. The highest BCUT2D eigenvalue weighted by molar-refractivity contribution is 6.04. The maximum atomic E-state index is 12.6. The molecule has 0 radical (unpaired) electrons. The molecular weight excluding hydrogens is 442 g/mol. The SMILES string of the molecule is CN1CCN(CCCNC(=O)c2ccnc(Nc3cccc(C(=O)Nc4ccncc4)c3)c2)CC1. The Morgan fingerprint density at radius 3 is 2.46 bits per heavy atom. The number of carbonyl (C=O) groups is 2. The van der Waals surface area contributed by atoms with Gasteiger partial charge in [-0.1, -0.05) is 6.07 Å². The van der Waals surface area contributed by atoms with Gasteiger partial charge in [-0.05, 0) is 62.5 Å². The molecule has 35 heavy (non-hydrogen) atoms. The second-order valence-electron chi connectivity index (χ2n) is 8.58. The number of nitrogens with zero attached hydrogens (tertiary/aromatic N) is 4. The van der Waals surface area contributed by atoms with Crippen LogP contribution in [0.25, 0.3) is 0 Å². The minimum atomic E-state index is -0.225. The van der Waals surface area contributed by atoms with Crippen molar-refractivity contribution < 1.29 is 9.59 Å². The summed E-state index contributed by atoms with van der Waals surface area (Å²) >= 11 is 0. The van der Waals surface area contributed by atoms with Crippen LogP contribution in [0.4, 0.5) is 17.2 Å². The van der Waals surface area contributed by atoms with Gasteiger partial charge in [-0.2, -0.15) is 0 Å². The summed E-state index contributed by atoms with van der Waals surface area (Å²) in [6, 6.07) is 14.0. The lowest BCUT2D eigenvalue weighted by atomic mass is 10.1. The molecule has 182 valence electrons. The standard InChI is InChI=1S/C26H31N7O2/c1-32-14-16-33(17-15-32)13-3-9-29-25(34)21-6-12-28-24(19-21)30-23-5-2-4-20(18-23)26(35)31-22-7-10-27-11-8-22/h2,4-8,10-12,18-19H,3,9,13-17H2,1H3,(H,28,30)(H,29,34)(H,27,31,35). The molecule has 1 aliphatic rings. The van der Waals surface area contributed by atoms with Gasteiger partial charge in [0, 0.05) is 73.8 Å². The van der Waals surface area contributed by atoms with Gasteiger partial charge in [-0.3, -0.25) is 14.6 Å². The van der Waals surface area contributed by atoms with E-state index in [9.17, 15) is 9.59 Å². The number of carbonyl (C=O) groups excluding carboxylic acids is 2. The molecule has 1 fully saturated rings. The van der Waals surface area contributed by atoms with E-state index in [2.05, 4.69) is 42.8 Å². The molecule has 9 heteroatoms. The lowest BCUT2D eigenvalue weighted by molar-refractivity contribution is 0.0948. The second kappa shape index (κ2) is 12.0. The molecular formula is C26H31N7O2. The van der Waals surface area contributed by atoms with Crippen LogP contribution in [0.2, 0.25) is 0 Å². The fraction of sp³-hybridized carbons (Fsp3) is 0.308. The van der Waals surface area contributed by atoms with Crippen molar-refractivity contribution in [1.29, 1.82) is 0 Å². The summed E-state index contributed by atoms with van der Waals surface area (Å²) < 4.78 is 0. The first kappa shape index (κ1) is 24.3. The van der Waals surface area contributed by atoms with E-state index < -0.39 is 0 Å². The molecule has 2 amide bonds. The van der Waals surface area contributed by atoms with E-state index in [-0.39, 0.29) is 11.8 Å². The maximum Gasteiger partial charge on any atom is 0.255 e. The summed E-state index contributed by atoms with van der Waals surface area (Å²) in [5.41, 5.74) is 2.41. The number of amides is 2. The van der Waals surface area contributed by atoms with E-state index in [0.29, 0.717) is 34.9 Å². The summed E-state index contributed by atoms with van der Waals surface area (Å²) in [6.45, 7) is 5.97. The highest BCUT2D eigenvalue weighted by Crippen LogP contribution is 2.18. The molecule has 1 aliphatic heterocycles. The average molecular weight is 474 g/mol. The van der Waals surface area contributed by atoms with Crippen molar-refractivity contribution in [3.63, 3.8) is 0 Å². The van der Waals surface area contributed by atoms with Gasteiger partial charge >= 0.3 is 0 Å². The number of aromatic nitrogens is 2. The van der Waals surface area contributed by atoms with E-state index in [1.165, 1.54) is 0 Å². The van der Waals surface area contributed by atoms with Gasteiger partial charge in [0.1, 0.15) is 5.82 Å². The summed E-state index contributed by atoms with van der Waals surface area (Å²) in [7, 11) is 2.15. The Bertz CT molecular complexity index is 1130. The third kappa shape index (κ3) is 7.33. The van der Waals surface area contributed by atoms with Crippen LogP contribution in [-0.2, 0) is 0 Å². The Morgan fingerprint density at radius 1 is 0.886 bits per heavy atom. The van der Waals surface area contributed by atoms with Crippen LogP contribution in [0.5, 0.6) is 0 Å². The van der Waals surface area contributed by atoms with Gasteiger partial charge in [-0.15, -0.1) is 0 Å². The third-order valence-corrected chi connectivity index (χ3v) is 5.89. The van der Waals surface area contributed by atoms with Crippen molar-refractivity contribution in [3.8, 4) is 0 Å². The van der Waals surface area contributed by atoms with Crippen LogP contribution < -0.4 is 16.0 Å². The molecule has 0 saturated carbocycles. The van der Waals surface area contributed by atoms with E-state index in [1.807, 2.05) is 6.07 Å². The number of benzene rings is 1. The molecule has 3 aromatic rings. The molecule has 0 unspecified atom stereocenters. The molecule has 0 bridgehead atoms. The van der Waals surface area contributed by atoms with Crippen LogP contribution in [0.1, 0.15) is 27.1 Å². The smallest absolute Gasteiger partial charge is 0.255 e. The normalized spacial score (nSPS) is 14.3. The van der Waals surface area contributed by atoms with Gasteiger partial charge in [-0.25, -0.2) is 4.98 Å². The van der Waals surface area contributed by atoms with Crippen LogP contribution in [0.3, 0.4) is 0 Å². The van der Waals surface area contributed by atoms with E-state index in [0.717, 1.165) is 39.1 Å². The lowest BCUT2D eigenvalue weighted by Crippen LogP contribution is -2.45. The van der Waals surface area contributed by atoms with E-state index in [4.69, 9.17) is 0 Å². The quantitative estimate of drug-likeness (QED) is 0.411. The zero-order valence-electron chi connectivity index (χ0n) is 19.9. The first-order valence-corrected chi connectivity index (χ1v) is 11.8. The van der Waals surface area contributed by atoms with Crippen molar-refractivity contribution in [2.75, 3.05) is 56.9 Å². The number of hydrogen-bond donors (Lipinski definition) is 3. The number of anilines is 3. The van der Waals surface area contributed by atoms with Gasteiger partial charge in [0.2, 0.25) is 0 Å². The Kier molecular flexibility index (Phi) is 8.37. The molecule has 3 heterocycles. The topological polar surface area (TPSA) is 102 Å². The van der Waals surface area contributed by atoms with Gasteiger partial charge in [0.15, 0.2) is 0 Å². The molecule has 2 aromatic heterocycles. The van der Waals surface area contributed by atoms with Crippen molar-refractivity contribution in [2.24, 2.45) is 0 Å². The molecule has 0 spiro atoms. The predicted octanol–water partition coefficient (Wildman–Crippen LogP) is 2.84. The number of pyridine rings is 2. The van der Waals surface area contributed by atoms with Gasteiger partial charge in [0.25, 0.3) is 11.8 Å². The average Bonchev–Trinajstić information content (AvgIpc) is 2.88. The number of rotatable bonds is 9. The predicted molar refractivity (Wildman–Crippen MR) is 137 cm³/mol. The summed E-state index contributed by atoms with van der Waals surface area (Å²) in [5.74, 6) is 0.179. The van der Waals surface area contributed by atoms with Gasteiger partial charge in [0.05, 0.1) is 0 Å². The van der Waals surface area contributed by atoms with Gasteiger partial charge < -0.3 is 25.8 Å². The Balaban J connectivity index is 1.29. The summed E-state index contributed by atoms with van der Waals surface area (Å²) in [4.78, 5) is 38.2. The summed E-state index contributed by atoms with van der Waals surface area (Å²) in [6.07, 6.45) is 5.76. The van der Waals surface area contributed by atoms with Crippen LogP contribution >= 0.6 is 0 Å². The lowest BCUT2D eigenvalue weighted by Gasteiger charge is -2.32. The monoisotopic (exact) mass is 473 g/mol. The van der Waals surface area contributed by atoms with Crippen molar-refractivity contribution in [1.82, 2.24) is 25.1 Å². The van der Waals surface area contributed by atoms with Crippen molar-refractivity contribution in [2.45, 2.75) is 6.42 Å². The zero-order chi connectivity index (χ0) is 24.5. The molecule has 4 rings (SSSR count). The molecule has 1 aromatic carbocycles. The summed E-state index contributed by atoms with van der Waals surface area (Å²) in [5, 5.41) is 9.02. The minimum absolute atomic E-state index is 0.126. The highest BCUT2D eigenvalue weighted by atomic mass is 16.2. The molecule has 3 N–H and O–H groups in total. The molecule has 0 atom stereocenters. The second-order valence-corrected chi connectivity index (χ2v) is 8.58.